The van der Waals surface area contributed by atoms with E-state index in [1.54, 1.807) is 0 Å². The Morgan fingerprint density at radius 1 is 0.682 bits per heavy atom. The van der Waals surface area contributed by atoms with E-state index in [0.29, 0.717) is 5.88 Å². The first-order chi connectivity index (χ1) is 10.9. The molecule has 0 radical (unpaired) electrons. The van der Waals surface area contributed by atoms with E-state index in [1.807, 2.05) is 6.07 Å². The van der Waals surface area contributed by atoms with Gasteiger partial charge in [0.1, 0.15) is 0 Å². The number of alkyl halides is 1. The van der Waals surface area contributed by atoms with Crippen LogP contribution in [0.3, 0.4) is 0 Å². The van der Waals surface area contributed by atoms with Crippen LogP contribution in [-0.2, 0) is 5.88 Å². The molecule has 0 bridgehead atoms. The van der Waals surface area contributed by atoms with Gasteiger partial charge in [-0.15, -0.1) is 11.6 Å². The van der Waals surface area contributed by atoms with Crippen molar-refractivity contribution in [3.05, 3.63) is 78.4 Å². The third-order valence-electron chi connectivity index (χ3n) is 3.99. The summed E-state index contributed by atoms with van der Waals surface area (Å²) in [4.78, 5) is 4.90. The zero-order chi connectivity index (χ0) is 14.9. The number of aromatic nitrogens is 1. The smallest absolute Gasteiger partial charge is 0.0788 e. The maximum atomic E-state index is 5.88. The van der Waals surface area contributed by atoms with Crippen molar-refractivity contribution in [2.45, 2.75) is 5.88 Å². The average Bonchev–Trinajstić information content (AvgIpc) is 2.61. The molecule has 0 unspecified atom stereocenters. The van der Waals surface area contributed by atoms with Crippen molar-refractivity contribution >= 4 is 33.3 Å². The van der Waals surface area contributed by atoms with E-state index < -0.39 is 0 Å². The zero-order valence-electron chi connectivity index (χ0n) is 12.0. The maximum absolute atomic E-state index is 5.88. The first-order valence-electron chi connectivity index (χ1n) is 7.29. The number of fused-ring (bicyclic) bond motifs is 3. The Morgan fingerprint density at radius 2 is 1.32 bits per heavy atom. The molecule has 0 saturated carbocycles. The molecule has 2 heteroatoms. The highest BCUT2D eigenvalue weighted by molar-refractivity contribution is 6.17. The normalized spacial score (nSPS) is 11.1. The van der Waals surface area contributed by atoms with Crippen molar-refractivity contribution in [3.8, 4) is 11.3 Å². The van der Waals surface area contributed by atoms with Gasteiger partial charge in [-0.3, -0.25) is 0 Å². The predicted molar refractivity (Wildman–Crippen MR) is 94.2 cm³/mol. The number of halogens is 1. The minimum Gasteiger partial charge on any atom is -0.247 e. The molecule has 0 aliphatic rings. The van der Waals surface area contributed by atoms with Crippen molar-refractivity contribution in [1.82, 2.24) is 4.98 Å². The number of hydrogen-bond donors (Lipinski definition) is 0. The van der Waals surface area contributed by atoms with Gasteiger partial charge in [-0.25, -0.2) is 4.98 Å². The first-order valence-corrected chi connectivity index (χ1v) is 7.83. The molecule has 1 aromatic heterocycles. The van der Waals surface area contributed by atoms with Crippen molar-refractivity contribution in [1.29, 1.82) is 0 Å². The summed E-state index contributed by atoms with van der Waals surface area (Å²) in [5, 5.41) is 3.61. The van der Waals surface area contributed by atoms with Crippen LogP contribution in [-0.4, -0.2) is 4.98 Å². The van der Waals surface area contributed by atoms with Crippen molar-refractivity contribution in [2.24, 2.45) is 0 Å². The average molecular weight is 304 g/mol. The van der Waals surface area contributed by atoms with Crippen LogP contribution < -0.4 is 0 Å². The molecule has 0 fully saturated rings. The molecule has 0 N–H and O–H groups in total. The molecule has 1 heterocycles. The Hall–Kier alpha value is -2.38. The molecule has 4 aromatic rings. The monoisotopic (exact) mass is 303 g/mol. The second kappa shape index (κ2) is 5.43. The van der Waals surface area contributed by atoms with Crippen LogP contribution >= 0.6 is 11.6 Å². The van der Waals surface area contributed by atoms with Gasteiger partial charge in [0.15, 0.2) is 0 Å². The van der Waals surface area contributed by atoms with Crippen LogP contribution in [0.1, 0.15) is 5.56 Å². The highest BCUT2D eigenvalue weighted by Crippen LogP contribution is 2.32. The van der Waals surface area contributed by atoms with Gasteiger partial charge < -0.3 is 0 Å². The Balaban J connectivity index is 2.06. The van der Waals surface area contributed by atoms with Crippen molar-refractivity contribution in [2.75, 3.05) is 0 Å². The molecule has 0 aliphatic carbocycles. The Bertz CT molecular complexity index is 958. The summed E-state index contributed by atoms with van der Waals surface area (Å²) in [6.07, 6.45) is 0. The summed E-state index contributed by atoms with van der Waals surface area (Å²) in [6.45, 7) is 0. The number of pyridine rings is 1. The van der Waals surface area contributed by atoms with Crippen LogP contribution in [0.15, 0.2) is 72.8 Å². The van der Waals surface area contributed by atoms with E-state index in [2.05, 4.69) is 66.7 Å². The van der Waals surface area contributed by atoms with E-state index in [9.17, 15) is 0 Å². The fraction of sp³-hybridized carbons (Fsp3) is 0.0500. The Kier molecular flexibility index (Phi) is 3.28. The lowest BCUT2D eigenvalue weighted by atomic mass is 9.99. The van der Waals surface area contributed by atoms with Crippen LogP contribution in [0.5, 0.6) is 0 Å². The third kappa shape index (κ3) is 2.15. The van der Waals surface area contributed by atoms with Crippen molar-refractivity contribution in [3.63, 3.8) is 0 Å². The molecule has 0 amide bonds. The van der Waals surface area contributed by atoms with Gasteiger partial charge in [0.25, 0.3) is 0 Å². The summed E-state index contributed by atoms with van der Waals surface area (Å²) in [7, 11) is 0. The predicted octanol–water partition coefficient (Wildman–Crippen LogP) is 5.79. The largest absolute Gasteiger partial charge is 0.247 e. The maximum Gasteiger partial charge on any atom is 0.0788 e. The van der Waals surface area contributed by atoms with Gasteiger partial charge in [0, 0.05) is 22.2 Å². The second-order valence-corrected chi connectivity index (χ2v) is 5.62. The fourth-order valence-electron chi connectivity index (χ4n) is 2.88. The summed E-state index contributed by atoms with van der Waals surface area (Å²) in [6, 6.07) is 25.1. The molecule has 106 valence electrons. The standard InChI is InChI=1S/C20H14ClN/c21-13-14-9-11-15(12-10-14)20-18-7-2-1-5-16(18)17-6-3-4-8-19(17)22-20/h1-12H,13H2. The topological polar surface area (TPSA) is 12.9 Å². The van der Waals surface area contributed by atoms with Crippen LogP contribution in [0.2, 0.25) is 0 Å². The lowest BCUT2D eigenvalue weighted by Crippen LogP contribution is -1.89. The van der Waals surface area contributed by atoms with Crippen molar-refractivity contribution < 1.29 is 0 Å². The number of rotatable bonds is 2. The quantitative estimate of drug-likeness (QED) is 0.337. The molecular formula is C20H14ClN. The fourth-order valence-corrected chi connectivity index (χ4v) is 3.05. The summed E-state index contributed by atoms with van der Waals surface area (Å²) in [5.41, 5.74) is 4.29. The molecule has 3 aromatic carbocycles. The Morgan fingerprint density at radius 3 is 2.05 bits per heavy atom. The number of hydrogen-bond acceptors (Lipinski definition) is 1. The molecule has 0 spiro atoms. The molecule has 0 saturated heterocycles. The number of benzene rings is 3. The molecular weight excluding hydrogens is 290 g/mol. The van der Waals surface area contributed by atoms with E-state index in [-0.39, 0.29) is 0 Å². The second-order valence-electron chi connectivity index (χ2n) is 5.35. The van der Waals surface area contributed by atoms with Crippen LogP contribution in [0.4, 0.5) is 0 Å². The molecule has 22 heavy (non-hydrogen) atoms. The first kappa shape index (κ1) is 13.3. The lowest BCUT2D eigenvalue weighted by molar-refractivity contribution is 1.38. The van der Waals surface area contributed by atoms with E-state index in [0.717, 1.165) is 22.3 Å². The van der Waals surface area contributed by atoms with Gasteiger partial charge in [0.05, 0.1) is 11.2 Å². The summed E-state index contributed by atoms with van der Waals surface area (Å²) >= 11 is 5.88. The molecule has 4 rings (SSSR count). The van der Waals surface area contributed by atoms with E-state index in [4.69, 9.17) is 16.6 Å². The van der Waals surface area contributed by atoms with Gasteiger partial charge in [-0.1, -0.05) is 66.7 Å². The number of para-hydroxylation sites is 1. The van der Waals surface area contributed by atoms with Crippen LogP contribution in [0, 0.1) is 0 Å². The highest BCUT2D eigenvalue weighted by atomic mass is 35.5. The summed E-state index contributed by atoms with van der Waals surface area (Å²) < 4.78 is 0. The Labute approximate surface area is 134 Å². The van der Waals surface area contributed by atoms with Gasteiger partial charge in [0.2, 0.25) is 0 Å². The highest BCUT2D eigenvalue weighted by Gasteiger charge is 2.09. The minimum atomic E-state index is 0.534. The zero-order valence-corrected chi connectivity index (χ0v) is 12.7. The number of nitrogens with zero attached hydrogens (tertiary/aromatic N) is 1. The van der Waals surface area contributed by atoms with Gasteiger partial charge in [-0.2, -0.15) is 0 Å². The minimum absolute atomic E-state index is 0.534. The van der Waals surface area contributed by atoms with Gasteiger partial charge >= 0.3 is 0 Å². The lowest BCUT2D eigenvalue weighted by Gasteiger charge is -2.10. The third-order valence-corrected chi connectivity index (χ3v) is 4.30. The van der Waals surface area contributed by atoms with Crippen LogP contribution in [0.25, 0.3) is 32.9 Å². The van der Waals surface area contributed by atoms with E-state index in [1.165, 1.54) is 16.2 Å². The summed E-state index contributed by atoms with van der Waals surface area (Å²) in [5.74, 6) is 0.534. The molecule has 1 nitrogen and oxygen atoms in total. The molecule has 0 aliphatic heterocycles. The van der Waals surface area contributed by atoms with E-state index >= 15 is 0 Å². The molecule has 0 atom stereocenters. The van der Waals surface area contributed by atoms with Gasteiger partial charge in [-0.05, 0) is 17.0 Å². The SMILES string of the molecule is ClCc1ccc(-c2nc3ccccc3c3ccccc23)cc1.